The van der Waals surface area contributed by atoms with Crippen LogP contribution < -0.4 is 0 Å². The number of hydrogen-bond acceptors (Lipinski definition) is 4. The molecular formula is C9H12N2O3S. The zero-order chi connectivity index (χ0) is 10.7. The molecule has 2 aliphatic rings. The lowest BCUT2D eigenvalue weighted by Gasteiger charge is -2.17. The van der Waals surface area contributed by atoms with Crippen LogP contribution in [0, 0.1) is 0 Å². The fourth-order valence-corrected chi connectivity index (χ4v) is 3.95. The molecule has 2 aliphatic heterocycles. The summed E-state index contributed by atoms with van der Waals surface area (Å²) < 4.78 is 30.1. The van der Waals surface area contributed by atoms with E-state index < -0.39 is 9.84 Å². The third kappa shape index (κ3) is 1.24. The summed E-state index contributed by atoms with van der Waals surface area (Å²) in [6, 6.07) is 1.90. The zero-order valence-electron chi connectivity index (χ0n) is 8.38. The molecule has 2 atom stereocenters. The van der Waals surface area contributed by atoms with Crippen molar-refractivity contribution in [1.82, 2.24) is 9.78 Å². The maximum absolute atomic E-state index is 11.4. The molecule has 0 bridgehead atoms. The molecule has 0 saturated carbocycles. The summed E-state index contributed by atoms with van der Waals surface area (Å²) >= 11 is 0. The van der Waals surface area contributed by atoms with Crippen LogP contribution in [0.1, 0.15) is 12.1 Å². The van der Waals surface area contributed by atoms with Gasteiger partial charge in [0.15, 0.2) is 9.84 Å². The van der Waals surface area contributed by atoms with Crippen molar-refractivity contribution in [1.29, 1.82) is 0 Å². The maximum Gasteiger partial charge on any atom is 0.153 e. The molecule has 82 valence electrons. The first-order chi connectivity index (χ1) is 7.04. The summed E-state index contributed by atoms with van der Waals surface area (Å²) in [6.45, 7) is 0. The van der Waals surface area contributed by atoms with Gasteiger partial charge in [-0.1, -0.05) is 0 Å². The average Bonchev–Trinajstić information content (AvgIpc) is 2.68. The molecule has 0 radical (unpaired) electrons. The van der Waals surface area contributed by atoms with E-state index in [0.717, 1.165) is 5.69 Å². The molecular weight excluding hydrogens is 216 g/mol. The Morgan fingerprint density at radius 1 is 1.67 bits per heavy atom. The van der Waals surface area contributed by atoms with Gasteiger partial charge in [-0.25, -0.2) is 8.42 Å². The monoisotopic (exact) mass is 228 g/mol. The van der Waals surface area contributed by atoms with Gasteiger partial charge in [-0.3, -0.25) is 4.68 Å². The Morgan fingerprint density at radius 3 is 3.07 bits per heavy atom. The minimum Gasteiger partial charge on any atom is -0.358 e. The first kappa shape index (κ1) is 9.35. The molecule has 6 heteroatoms. The highest BCUT2D eigenvalue weighted by atomic mass is 32.2. The van der Waals surface area contributed by atoms with E-state index in [1.165, 1.54) is 0 Å². The smallest absolute Gasteiger partial charge is 0.153 e. The van der Waals surface area contributed by atoms with Crippen LogP contribution in [0.2, 0.25) is 0 Å². The van der Waals surface area contributed by atoms with Gasteiger partial charge in [0.1, 0.15) is 11.7 Å². The molecule has 2 unspecified atom stereocenters. The molecule has 5 nitrogen and oxygen atoms in total. The van der Waals surface area contributed by atoms with Crippen molar-refractivity contribution in [3.8, 4) is 0 Å². The van der Waals surface area contributed by atoms with Gasteiger partial charge < -0.3 is 4.74 Å². The van der Waals surface area contributed by atoms with Gasteiger partial charge >= 0.3 is 0 Å². The molecule has 0 aromatic carbocycles. The van der Waals surface area contributed by atoms with Crippen LogP contribution in [0.25, 0.3) is 0 Å². The summed E-state index contributed by atoms with van der Waals surface area (Å²) in [5, 5.41) is 4.09. The van der Waals surface area contributed by atoms with E-state index in [4.69, 9.17) is 4.74 Å². The van der Waals surface area contributed by atoms with Crippen molar-refractivity contribution in [3.63, 3.8) is 0 Å². The molecule has 1 aromatic heterocycles. The number of rotatable bonds is 1. The van der Waals surface area contributed by atoms with Crippen LogP contribution >= 0.6 is 0 Å². The number of sulfone groups is 1. The van der Waals surface area contributed by atoms with Crippen molar-refractivity contribution in [2.75, 3.05) is 11.5 Å². The number of aryl methyl sites for hydroxylation is 1. The van der Waals surface area contributed by atoms with E-state index in [-0.39, 0.29) is 23.2 Å². The molecule has 3 heterocycles. The molecule has 2 fully saturated rings. The van der Waals surface area contributed by atoms with Crippen molar-refractivity contribution < 1.29 is 13.2 Å². The predicted molar refractivity (Wildman–Crippen MR) is 53.0 cm³/mol. The Morgan fingerprint density at radius 2 is 2.47 bits per heavy atom. The minimum absolute atomic E-state index is 0.151. The molecule has 2 saturated heterocycles. The Kier molecular flexibility index (Phi) is 1.63. The summed E-state index contributed by atoms with van der Waals surface area (Å²) in [5.74, 6) is 0.368. The van der Waals surface area contributed by atoms with Gasteiger partial charge in [0.25, 0.3) is 0 Å². The van der Waals surface area contributed by atoms with E-state index >= 15 is 0 Å². The fourth-order valence-electron chi connectivity index (χ4n) is 2.37. The normalized spacial score (nSPS) is 37.3. The van der Waals surface area contributed by atoms with Gasteiger partial charge in [-0.05, 0) is 12.5 Å². The average molecular weight is 228 g/mol. The Hall–Kier alpha value is -0.880. The molecule has 1 aromatic rings. The van der Waals surface area contributed by atoms with Crippen molar-refractivity contribution in [2.24, 2.45) is 7.05 Å². The standard InChI is InChI=1S/C9H12N2O3S/c1-11-7(2-4-10-11)9-3-5-15(12,13)6-8(9)14-9/h2,4,8H,3,5-6H2,1H3. The number of nitrogens with zero attached hydrogens (tertiary/aromatic N) is 2. The lowest BCUT2D eigenvalue weighted by atomic mass is 9.98. The van der Waals surface area contributed by atoms with Crippen LogP contribution in [0.5, 0.6) is 0 Å². The Bertz CT molecular complexity index is 507. The van der Waals surface area contributed by atoms with Crippen LogP contribution in [-0.4, -0.2) is 35.8 Å². The number of aromatic nitrogens is 2. The van der Waals surface area contributed by atoms with Crippen LogP contribution in [0.4, 0.5) is 0 Å². The predicted octanol–water partition coefficient (Wildman–Crippen LogP) is -0.167. The van der Waals surface area contributed by atoms with E-state index in [1.807, 2.05) is 13.1 Å². The zero-order valence-corrected chi connectivity index (χ0v) is 9.20. The number of ether oxygens (including phenoxy) is 1. The van der Waals surface area contributed by atoms with E-state index in [1.54, 1.807) is 10.9 Å². The van der Waals surface area contributed by atoms with Crippen LogP contribution in [0.15, 0.2) is 12.3 Å². The lowest BCUT2D eigenvalue weighted by Crippen LogP contribution is -2.31. The quantitative estimate of drug-likeness (QED) is 0.626. The molecule has 0 aliphatic carbocycles. The van der Waals surface area contributed by atoms with Gasteiger partial charge in [-0.2, -0.15) is 5.10 Å². The second-order valence-electron chi connectivity index (χ2n) is 4.20. The molecule has 15 heavy (non-hydrogen) atoms. The molecule has 3 rings (SSSR count). The molecule has 0 N–H and O–H groups in total. The second-order valence-corrected chi connectivity index (χ2v) is 6.43. The minimum atomic E-state index is -2.89. The fraction of sp³-hybridized carbons (Fsp3) is 0.667. The van der Waals surface area contributed by atoms with E-state index in [0.29, 0.717) is 6.42 Å². The maximum atomic E-state index is 11.4. The van der Waals surface area contributed by atoms with Gasteiger partial charge in [-0.15, -0.1) is 0 Å². The van der Waals surface area contributed by atoms with E-state index in [9.17, 15) is 8.42 Å². The Balaban J connectivity index is 1.96. The number of fused-ring (bicyclic) bond motifs is 1. The lowest BCUT2D eigenvalue weighted by molar-refractivity contribution is 0.284. The van der Waals surface area contributed by atoms with Crippen molar-refractivity contribution >= 4 is 9.84 Å². The van der Waals surface area contributed by atoms with Gasteiger partial charge in [0.05, 0.1) is 17.2 Å². The number of epoxide rings is 1. The van der Waals surface area contributed by atoms with Crippen LogP contribution in [0.3, 0.4) is 0 Å². The highest BCUT2D eigenvalue weighted by molar-refractivity contribution is 7.91. The SMILES string of the molecule is Cn1nccc1C12CCS(=O)(=O)CC1O2. The molecule has 0 spiro atoms. The third-order valence-electron chi connectivity index (χ3n) is 3.26. The summed E-state index contributed by atoms with van der Waals surface area (Å²) in [5.41, 5.74) is 0.624. The summed E-state index contributed by atoms with van der Waals surface area (Å²) in [4.78, 5) is 0. The topological polar surface area (TPSA) is 64.5 Å². The van der Waals surface area contributed by atoms with Gasteiger partial charge in [0.2, 0.25) is 0 Å². The first-order valence-electron chi connectivity index (χ1n) is 4.90. The number of hydrogen-bond donors (Lipinski definition) is 0. The third-order valence-corrected chi connectivity index (χ3v) is 4.90. The van der Waals surface area contributed by atoms with Crippen molar-refractivity contribution in [3.05, 3.63) is 18.0 Å². The van der Waals surface area contributed by atoms with Gasteiger partial charge in [0, 0.05) is 13.2 Å². The van der Waals surface area contributed by atoms with Crippen LogP contribution in [-0.2, 0) is 27.2 Å². The summed E-state index contributed by atoms with van der Waals surface area (Å²) in [7, 11) is -1.03. The first-order valence-corrected chi connectivity index (χ1v) is 6.72. The Labute approximate surface area is 88.0 Å². The highest BCUT2D eigenvalue weighted by Crippen LogP contribution is 2.52. The summed E-state index contributed by atoms with van der Waals surface area (Å²) in [6.07, 6.45) is 2.11. The molecule has 0 amide bonds. The van der Waals surface area contributed by atoms with Crippen molar-refractivity contribution in [2.45, 2.75) is 18.1 Å². The largest absolute Gasteiger partial charge is 0.358 e. The second kappa shape index (κ2) is 2.62. The highest BCUT2D eigenvalue weighted by Gasteiger charge is 2.63. The van der Waals surface area contributed by atoms with E-state index in [2.05, 4.69) is 5.10 Å².